The van der Waals surface area contributed by atoms with Gasteiger partial charge in [0.05, 0.1) is 30.6 Å². The number of halogens is 1. The average Bonchev–Trinajstić information content (AvgIpc) is 2.72. The maximum Gasteiger partial charge on any atom is 0.157 e. The fourth-order valence-corrected chi connectivity index (χ4v) is 3.97. The maximum atomic E-state index is 14.9. The summed E-state index contributed by atoms with van der Waals surface area (Å²) < 4.78 is 20.3. The zero-order valence-electron chi connectivity index (χ0n) is 17.4. The van der Waals surface area contributed by atoms with E-state index in [2.05, 4.69) is 54.5 Å². The quantitative estimate of drug-likeness (QED) is 0.695. The highest BCUT2D eigenvalue weighted by Gasteiger charge is 2.19. The number of benzene rings is 2. The molecule has 152 valence electrons. The lowest BCUT2D eigenvalue weighted by molar-refractivity contribution is 0.122. The van der Waals surface area contributed by atoms with Crippen LogP contribution in [0, 0.1) is 26.6 Å². The summed E-state index contributed by atoms with van der Waals surface area (Å²) in [7, 11) is 0. The molecule has 2 aromatic carbocycles. The van der Waals surface area contributed by atoms with Gasteiger partial charge in [0.15, 0.2) is 5.82 Å². The molecule has 6 heteroatoms. The van der Waals surface area contributed by atoms with Gasteiger partial charge in [-0.25, -0.2) is 4.39 Å². The highest BCUT2D eigenvalue weighted by molar-refractivity contribution is 5.95. The Morgan fingerprint density at radius 3 is 2.59 bits per heavy atom. The van der Waals surface area contributed by atoms with Crippen LogP contribution in [-0.4, -0.2) is 36.5 Å². The van der Waals surface area contributed by atoms with Gasteiger partial charge in [0.25, 0.3) is 0 Å². The number of nitrogens with zero attached hydrogens (tertiary/aromatic N) is 3. The molecule has 1 atom stereocenters. The number of hydrogen-bond acceptors (Lipinski definition) is 5. The molecular formula is C23H27FN4O. The number of ether oxygens (including phenoxy) is 1. The van der Waals surface area contributed by atoms with Crippen molar-refractivity contribution < 1.29 is 9.13 Å². The Morgan fingerprint density at radius 1 is 1.07 bits per heavy atom. The number of aromatic nitrogens is 2. The molecule has 5 nitrogen and oxygen atoms in total. The molecular weight excluding hydrogens is 367 g/mol. The molecule has 29 heavy (non-hydrogen) atoms. The van der Waals surface area contributed by atoms with Gasteiger partial charge in [0.2, 0.25) is 0 Å². The standard InChI is InChI=1S/C23H27FN4O/c1-14-6-5-7-18(15(14)2)16(3)25-23-20-13-22(28-8-10-29-11-9-28)21(24)12-19(20)17(4)26-27-23/h5-7,12-13,16H,8-11H2,1-4H3,(H,25,27)/t16-/m1/s1. The Hall–Kier alpha value is -2.73. The van der Waals surface area contributed by atoms with Crippen molar-refractivity contribution in [3.63, 3.8) is 0 Å². The van der Waals surface area contributed by atoms with Crippen LogP contribution in [0.2, 0.25) is 0 Å². The van der Waals surface area contributed by atoms with E-state index < -0.39 is 0 Å². The topological polar surface area (TPSA) is 50.3 Å². The molecule has 1 saturated heterocycles. The van der Waals surface area contributed by atoms with E-state index in [4.69, 9.17) is 4.74 Å². The molecule has 1 aromatic heterocycles. The zero-order chi connectivity index (χ0) is 20.5. The lowest BCUT2D eigenvalue weighted by Gasteiger charge is -2.29. The third kappa shape index (κ3) is 3.77. The van der Waals surface area contributed by atoms with Crippen LogP contribution in [0.5, 0.6) is 0 Å². The lowest BCUT2D eigenvalue weighted by atomic mass is 9.98. The van der Waals surface area contributed by atoms with Gasteiger partial charge in [-0.15, -0.1) is 5.10 Å². The van der Waals surface area contributed by atoms with Crippen LogP contribution < -0.4 is 10.2 Å². The third-order valence-electron chi connectivity index (χ3n) is 5.85. The molecule has 0 spiro atoms. The molecule has 0 amide bonds. The van der Waals surface area contributed by atoms with Crippen molar-refractivity contribution in [2.45, 2.75) is 33.7 Å². The normalized spacial score (nSPS) is 15.6. The van der Waals surface area contributed by atoms with Crippen LogP contribution in [0.3, 0.4) is 0 Å². The predicted molar refractivity (Wildman–Crippen MR) is 115 cm³/mol. The highest BCUT2D eigenvalue weighted by Crippen LogP contribution is 2.33. The van der Waals surface area contributed by atoms with E-state index >= 15 is 0 Å². The Labute approximate surface area is 170 Å². The summed E-state index contributed by atoms with van der Waals surface area (Å²) in [6.45, 7) is 10.8. The average molecular weight is 394 g/mol. The minimum atomic E-state index is -0.232. The van der Waals surface area contributed by atoms with Gasteiger partial charge in [-0.3, -0.25) is 0 Å². The molecule has 0 saturated carbocycles. The number of hydrogen-bond donors (Lipinski definition) is 1. The van der Waals surface area contributed by atoms with Gasteiger partial charge in [-0.1, -0.05) is 18.2 Å². The molecule has 0 radical (unpaired) electrons. The van der Waals surface area contributed by atoms with Gasteiger partial charge >= 0.3 is 0 Å². The SMILES string of the molecule is Cc1cccc([C@@H](C)Nc2nnc(C)c3cc(F)c(N4CCOCC4)cc23)c1C. The van der Waals surface area contributed by atoms with E-state index in [-0.39, 0.29) is 11.9 Å². The monoisotopic (exact) mass is 394 g/mol. The van der Waals surface area contributed by atoms with Gasteiger partial charge < -0.3 is 15.0 Å². The van der Waals surface area contributed by atoms with Crippen molar-refractivity contribution in [3.8, 4) is 0 Å². The molecule has 1 aliphatic rings. The van der Waals surface area contributed by atoms with E-state index in [0.29, 0.717) is 37.8 Å². The van der Waals surface area contributed by atoms with Gasteiger partial charge in [0.1, 0.15) is 5.82 Å². The van der Waals surface area contributed by atoms with Gasteiger partial charge in [0, 0.05) is 23.9 Å². The van der Waals surface area contributed by atoms with E-state index in [0.717, 1.165) is 16.5 Å². The summed E-state index contributed by atoms with van der Waals surface area (Å²) in [5.41, 5.74) is 5.05. The summed E-state index contributed by atoms with van der Waals surface area (Å²) in [5.74, 6) is 0.442. The zero-order valence-corrected chi connectivity index (χ0v) is 17.4. The second-order valence-electron chi connectivity index (χ2n) is 7.74. The second-order valence-corrected chi connectivity index (χ2v) is 7.74. The summed E-state index contributed by atoms with van der Waals surface area (Å²) in [4.78, 5) is 2.03. The van der Waals surface area contributed by atoms with E-state index in [1.54, 1.807) is 6.07 Å². The van der Waals surface area contributed by atoms with Crippen molar-refractivity contribution in [2.24, 2.45) is 0 Å². The lowest BCUT2D eigenvalue weighted by Crippen LogP contribution is -2.36. The first-order chi connectivity index (χ1) is 14.0. The van der Waals surface area contributed by atoms with Crippen molar-refractivity contribution in [1.82, 2.24) is 10.2 Å². The number of morpholine rings is 1. The Balaban J connectivity index is 1.75. The minimum Gasteiger partial charge on any atom is -0.378 e. The van der Waals surface area contributed by atoms with Crippen LogP contribution >= 0.6 is 0 Å². The second kappa shape index (κ2) is 7.95. The predicted octanol–water partition coefficient (Wildman–Crippen LogP) is 4.70. The van der Waals surface area contributed by atoms with E-state index in [9.17, 15) is 4.39 Å². The molecule has 0 bridgehead atoms. The Kier molecular flexibility index (Phi) is 5.37. The molecule has 1 aliphatic heterocycles. The molecule has 1 fully saturated rings. The summed E-state index contributed by atoms with van der Waals surface area (Å²) >= 11 is 0. The van der Waals surface area contributed by atoms with Crippen LogP contribution in [-0.2, 0) is 4.74 Å². The Bertz CT molecular complexity index is 1050. The molecule has 1 N–H and O–H groups in total. The minimum absolute atomic E-state index is 0.0481. The number of nitrogens with one attached hydrogen (secondary N) is 1. The number of aryl methyl sites for hydroxylation is 2. The summed E-state index contributed by atoms with van der Waals surface area (Å²) in [6, 6.07) is 9.84. The third-order valence-corrected chi connectivity index (χ3v) is 5.85. The highest BCUT2D eigenvalue weighted by atomic mass is 19.1. The fraction of sp³-hybridized carbons (Fsp3) is 0.391. The molecule has 0 aliphatic carbocycles. The fourth-order valence-electron chi connectivity index (χ4n) is 3.97. The van der Waals surface area contributed by atoms with Crippen molar-refractivity contribution in [2.75, 3.05) is 36.5 Å². The van der Waals surface area contributed by atoms with E-state index in [1.807, 2.05) is 17.9 Å². The van der Waals surface area contributed by atoms with Crippen LogP contribution in [0.25, 0.3) is 10.8 Å². The van der Waals surface area contributed by atoms with Gasteiger partial charge in [-0.2, -0.15) is 5.10 Å². The first kappa shape index (κ1) is 19.6. The smallest absolute Gasteiger partial charge is 0.157 e. The van der Waals surface area contributed by atoms with E-state index in [1.165, 1.54) is 16.7 Å². The number of fused-ring (bicyclic) bond motifs is 1. The summed E-state index contributed by atoms with van der Waals surface area (Å²) in [5, 5.41) is 13.9. The van der Waals surface area contributed by atoms with Crippen LogP contribution in [0.1, 0.15) is 35.3 Å². The Morgan fingerprint density at radius 2 is 1.83 bits per heavy atom. The van der Waals surface area contributed by atoms with Crippen molar-refractivity contribution in [1.29, 1.82) is 0 Å². The van der Waals surface area contributed by atoms with Gasteiger partial charge in [-0.05, 0) is 56.5 Å². The molecule has 2 heterocycles. The van der Waals surface area contributed by atoms with Crippen LogP contribution in [0.4, 0.5) is 15.9 Å². The first-order valence-corrected chi connectivity index (χ1v) is 10.1. The maximum absolute atomic E-state index is 14.9. The first-order valence-electron chi connectivity index (χ1n) is 10.1. The van der Waals surface area contributed by atoms with Crippen LogP contribution in [0.15, 0.2) is 30.3 Å². The summed E-state index contributed by atoms with van der Waals surface area (Å²) in [6.07, 6.45) is 0. The number of anilines is 2. The largest absolute Gasteiger partial charge is 0.378 e. The molecule has 0 unspecified atom stereocenters. The number of rotatable bonds is 4. The molecule has 4 rings (SSSR count). The van der Waals surface area contributed by atoms with Crippen molar-refractivity contribution >= 4 is 22.3 Å². The van der Waals surface area contributed by atoms with Crippen molar-refractivity contribution in [3.05, 3.63) is 58.5 Å². The molecule has 3 aromatic rings.